The second-order valence-electron chi connectivity index (χ2n) is 24.0. The zero-order chi connectivity index (χ0) is 59.8. The molecule has 9 atom stereocenters. The zero-order valence-electron chi connectivity index (χ0n) is 47.6. The first-order chi connectivity index (χ1) is 37.9. The monoisotopic (exact) mass is 1190 g/mol. The van der Waals surface area contributed by atoms with Gasteiger partial charge in [-0.2, -0.15) is 5.10 Å². The third-order valence-electron chi connectivity index (χ3n) is 14.4. The second kappa shape index (κ2) is 28.0. The summed E-state index contributed by atoms with van der Waals surface area (Å²) in [6.45, 7) is 18.8. The van der Waals surface area contributed by atoms with E-state index in [4.69, 9.17) is 47.9 Å². The van der Waals surface area contributed by atoms with Crippen molar-refractivity contribution in [2.45, 2.75) is 188 Å². The molecule has 3 aromatic rings. The number of nitrogens with two attached hydrogens (primary N) is 1. The molecular weight excluding hydrogens is 1110 g/mol. The van der Waals surface area contributed by atoms with E-state index < -0.39 is 70.9 Å². The molecule has 1 aromatic carbocycles. The number of carbonyl (C=O) groups is 9. The van der Waals surface area contributed by atoms with Gasteiger partial charge in [0.2, 0.25) is 11.8 Å². The number of amides is 5. The number of esters is 1. The van der Waals surface area contributed by atoms with Gasteiger partial charge in [-0.05, 0) is 147 Å². The number of piperidine rings is 3. The highest BCUT2D eigenvalue weighted by atomic mass is 35.5. The fourth-order valence-electron chi connectivity index (χ4n) is 11.4. The van der Waals surface area contributed by atoms with Gasteiger partial charge < -0.3 is 44.7 Å². The Balaban J connectivity index is 0.000000218. The Labute approximate surface area is 488 Å². The van der Waals surface area contributed by atoms with Crippen molar-refractivity contribution in [1.29, 1.82) is 0 Å². The van der Waals surface area contributed by atoms with E-state index in [1.807, 2.05) is 33.8 Å². The highest BCUT2D eigenvalue weighted by Gasteiger charge is 2.55. The number of rotatable bonds is 11. The lowest BCUT2D eigenvalue weighted by Crippen LogP contribution is -2.52. The Bertz CT molecular complexity index is 2810. The highest BCUT2D eigenvalue weighted by Crippen LogP contribution is 2.45. The molecule has 0 unspecified atom stereocenters. The maximum absolute atomic E-state index is 13.4. The molecule has 4 N–H and O–H groups in total. The average molecular weight is 1190 g/mol. The fourth-order valence-corrected chi connectivity index (χ4v) is 11.6. The van der Waals surface area contributed by atoms with E-state index >= 15 is 0 Å². The molecule has 3 aliphatic carbocycles. The molecule has 5 amide bonds. The normalized spacial score (nSPS) is 23.5. The molecule has 452 valence electrons. The van der Waals surface area contributed by atoms with Crippen molar-refractivity contribution in [1.82, 2.24) is 29.5 Å². The van der Waals surface area contributed by atoms with Gasteiger partial charge in [0.25, 0.3) is 5.91 Å². The molecule has 3 saturated carbocycles. The Kier molecular flexibility index (Phi) is 22.6. The van der Waals surface area contributed by atoms with Crippen LogP contribution in [0.15, 0.2) is 42.5 Å². The van der Waals surface area contributed by atoms with Gasteiger partial charge in [0.05, 0.1) is 18.7 Å². The highest BCUT2D eigenvalue weighted by molar-refractivity contribution is 6.61. The molecule has 3 saturated heterocycles. The number of halogens is 2. The molecule has 6 aliphatic rings. The molecular formula is C57H80Cl2N8O15. The van der Waals surface area contributed by atoms with E-state index in [9.17, 15) is 48.3 Å². The SMILES string of the molecule is C.CC(C)(C)OC(=O)N1[C@@H]2CC[C@@H](C2)[C@H]1C(=O)O.CC(C)COC(=O)Cl.CC(C)COC(=O)OC(=O)[C@@H]1[C@H]2CC[C@H](C2)N1C(=O)OC(C)(C)C.NC(=O)c1nn(CC(=O)N2[C@@H]3CC[C@@H](C3)[C@H]2C(=O)Nc2cccc(Cl)n2)c2ccccc12. The topological polar surface area (TPSA) is 298 Å². The number of nitrogens with zero attached hydrogens (tertiary/aromatic N) is 6. The van der Waals surface area contributed by atoms with Crippen LogP contribution in [0, 0.1) is 29.6 Å². The molecule has 0 radical (unpaired) electrons. The van der Waals surface area contributed by atoms with E-state index in [0.717, 1.165) is 57.8 Å². The van der Waals surface area contributed by atoms with Crippen LogP contribution < -0.4 is 11.1 Å². The minimum absolute atomic E-state index is 0. The van der Waals surface area contributed by atoms with E-state index in [2.05, 4.69) is 20.1 Å². The number of ether oxygens (including phenoxy) is 5. The van der Waals surface area contributed by atoms with Gasteiger partial charge >= 0.3 is 35.7 Å². The van der Waals surface area contributed by atoms with E-state index in [0.29, 0.717) is 29.2 Å². The molecule has 9 rings (SSSR count). The molecule has 5 heterocycles. The Morgan fingerprint density at radius 3 is 1.68 bits per heavy atom. The average Bonchev–Trinajstić information content (AvgIpc) is 4.35. The quantitative estimate of drug-likeness (QED) is 0.0529. The third kappa shape index (κ3) is 17.2. The number of benzene rings is 1. The van der Waals surface area contributed by atoms with Gasteiger partial charge in [-0.1, -0.05) is 71.0 Å². The standard InChI is InChI=1S/C22H21ClN6O3.C17H27NO6.C12H19NO4.C5H9ClO2.CH4/c23-16-6-3-7-17(25-16)26-22(32)20-12-8-9-13(10-12)29(20)18(30)11-28-15-5-2-1-4-14(15)19(27-28)21(24)31;1-10(2)9-22-16(21)23-14(19)13-11-6-7-12(8-11)18(13)15(20)24-17(3,4)5;1-12(2,3)17-11(16)13-8-5-4-7(6-8)9(13)10(14)15;1-4(2)3-8-5(6)7;/h1-7,12-13,20H,8-11H2,(H2,24,31)(H,25,26,32);10-13H,6-9H2,1-5H3;7-9H,4-6H2,1-3H3,(H,14,15);4H,3H2,1-2H3;1H4/t12-,13+,20-;11-,12+,13-;7-,8+,9-;;/m000../s1. The van der Waals surface area contributed by atoms with Crippen molar-refractivity contribution < 1.29 is 71.9 Å². The van der Waals surface area contributed by atoms with Crippen LogP contribution in [-0.2, 0) is 49.4 Å². The smallest absolute Gasteiger partial charge is 0.480 e. The number of carbonyl (C=O) groups excluding carboxylic acids is 8. The summed E-state index contributed by atoms with van der Waals surface area (Å²) in [4.78, 5) is 117. The number of anilines is 1. The lowest BCUT2D eigenvalue weighted by atomic mass is 9.97. The van der Waals surface area contributed by atoms with Gasteiger partial charge in [-0.15, -0.1) is 0 Å². The van der Waals surface area contributed by atoms with Crippen molar-refractivity contribution in [3.05, 3.63) is 53.3 Å². The maximum atomic E-state index is 13.4. The number of para-hydroxylation sites is 1. The maximum Gasteiger partial charge on any atom is 0.516 e. The van der Waals surface area contributed by atoms with Crippen LogP contribution in [0.3, 0.4) is 0 Å². The number of hydrogen-bond acceptors (Lipinski definition) is 16. The van der Waals surface area contributed by atoms with Gasteiger partial charge in [0.1, 0.15) is 46.8 Å². The predicted molar refractivity (Wildman–Crippen MR) is 303 cm³/mol. The molecule has 82 heavy (non-hydrogen) atoms. The largest absolute Gasteiger partial charge is 0.516 e. The number of carboxylic acids is 1. The number of pyridine rings is 1. The van der Waals surface area contributed by atoms with E-state index in [1.54, 1.807) is 82.8 Å². The summed E-state index contributed by atoms with van der Waals surface area (Å²) in [7, 11) is 0. The van der Waals surface area contributed by atoms with Gasteiger partial charge in [0, 0.05) is 35.1 Å². The second-order valence-corrected chi connectivity index (χ2v) is 24.7. The van der Waals surface area contributed by atoms with Crippen LogP contribution in [0.1, 0.15) is 145 Å². The van der Waals surface area contributed by atoms with Gasteiger partial charge in [-0.3, -0.25) is 28.9 Å². The Morgan fingerprint density at radius 2 is 1.20 bits per heavy atom. The number of likely N-dealkylation sites (tertiary alicyclic amines) is 3. The summed E-state index contributed by atoms with van der Waals surface area (Å²) in [6.07, 6.45) is 5.53. The zero-order valence-corrected chi connectivity index (χ0v) is 49.1. The summed E-state index contributed by atoms with van der Waals surface area (Å²) >= 11 is 10.8. The number of fused-ring (bicyclic) bond motifs is 7. The minimum Gasteiger partial charge on any atom is -0.480 e. The number of nitrogens with one attached hydrogen (secondary N) is 1. The number of primary amides is 1. The number of aliphatic carboxylic acids is 1. The van der Waals surface area contributed by atoms with Crippen LogP contribution in [-0.4, -0.2) is 149 Å². The Morgan fingerprint density at radius 1 is 0.695 bits per heavy atom. The molecule has 0 spiro atoms. The summed E-state index contributed by atoms with van der Waals surface area (Å²) in [6, 6.07) is 10.1. The van der Waals surface area contributed by atoms with Crippen LogP contribution in [0.5, 0.6) is 0 Å². The van der Waals surface area contributed by atoms with Gasteiger partial charge in [-0.25, -0.2) is 33.8 Å². The van der Waals surface area contributed by atoms with Gasteiger partial charge in [0.15, 0.2) is 5.69 Å². The van der Waals surface area contributed by atoms with Crippen molar-refractivity contribution >= 4 is 93.4 Å². The summed E-state index contributed by atoms with van der Waals surface area (Å²) < 4.78 is 26.3. The van der Waals surface area contributed by atoms with Crippen molar-refractivity contribution in [2.75, 3.05) is 18.5 Å². The lowest BCUT2D eigenvalue weighted by molar-refractivity contribution is -0.148. The summed E-state index contributed by atoms with van der Waals surface area (Å²) in [5.74, 6) is -1.74. The van der Waals surface area contributed by atoms with Crippen LogP contribution in [0.25, 0.3) is 10.9 Å². The van der Waals surface area contributed by atoms with Crippen LogP contribution >= 0.6 is 23.2 Å². The first-order valence-corrected chi connectivity index (χ1v) is 28.1. The summed E-state index contributed by atoms with van der Waals surface area (Å²) in [5.41, 5.74) is 4.27. The third-order valence-corrected chi connectivity index (χ3v) is 14.7. The van der Waals surface area contributed by atoms with Crippen molar-refractivity contribution in [2.24, 2.45) is 35.3 Å². The van der Waals surface area contributed by atoms with E-state index in [-0.39, 0.29) is 85.0 Å². The minimum atomic E-state index is -1.01. The number of hydrogen-bond donors (Lipinski definition) is 3. The van der Waals surface area contributed by atoms with E-state index in [1.165, 1.54) is 14.5 Å². The molecule has 6 bridgehead atoms. The lowest BCUT2D eigenvalue weighted by Gasteiger charge is -2.34. The number of aromatic nitrogens is 3. The Hall–Kier alpha value is -6.75. The van der Waals surface area contributed by atoms with Crippen LogP contribution in [0.2, 0.25) is 5.15 Å². The molecule has 23 nitrogen and oxygen atoms in total. The van der Waals surface area contributed by atoms with Crippen LogP contribution in [0.4, 0.5) is 25.0 Å². The fraction of sp³-hybridized carbons (Fsp3) is 0.632. The first kappa shape index (κ1) is 66.1. The molecule has 3 aliphatic heterocycles. The predicted octanol–water partition coefficient (Wildman–Crippen LogP) is 9.82. The number of carboxylic acid groups (broad SMARTS) is 1. The van der Waals surface area contributed by atoms with Crippen molar-refractivity contribution in [3.63, 3.8) is 0 Å². The molecule has 25 heteroatoms. The summed E-state index contributed by atoms with van der Waals surface area (Å²) in [5, 5.41) is 17.1. The van der Waals surface area contributed by atoms with Crippen molar-refractivity contribution in [3.8, 4) is 0 Å². The first-order valence-electron chi connectivity index (χ1n) is 27.4. The molecule has 6 fully saturated rings. The molecule has 2 aromatic heterocycles.